The zero-order chi connectivity index (χ0) is 18.2. The Labute approximate surface area is 155 Å². The highest BCUT2D eigenvalue weighted by atomic mass is 16.5. The standard InChI is InChI=1S/C20H30N2O4/c21-19(17-4-8-24-9-5-17)20(23)22-13-15-2-1-3-16(12-15)14-26-18-6-10-25-11-7-18/h1-3,12,17-19H,4-11,13-14,21H2,(H,22,23). The summed E-state index contributed by atoms with van der Waals surface area (Å²) < 4.78 is 16.7. The predicted octanol–water partition coefficient (Wildman–Crippen LogP) is 1.75. The fraction of sp³-hybridized carbons (Fsp3) is 0.650. The van der Waals surface area contributed by atoms with E-state index in [1.165, 1.54) is 0 Å². The lowest BCUT2D eigenvalue weighted by molar-refractivity contribution is -0.124. The van der Waals surface area contributed by atoms with Crippen molar-refractivity contribution in [2.75, 3.05) is 26.4 Å². The first-order valence-corrected chi connectivity index (χ1v) is 9.60. The Balaban J connectivity index is 1.44. The number of ether oxygens (including phenoxy) is 3. The Kier molecular flexibility index (Phi) is 7.43. The molecule has 6 nitrogen and oxygen atoms in total. The number of hydrogen-bond donors (Lipinski definition) is 2. The molecule has 1 aromatic carbocycles. The average molecular weight is 362 g/mol. The first-order chi connectivity index (χ1) is 12.7. The van der Waals surface area contributed by atoms with Gasteiger partial charge in [-0.2, -0.15) is 0 Å². The molecule has 2 saturated heterocycles. The van der Waals surface area contributed by atoms with E-state index in [4.69, 9.17) is 19.9 Å². The number of nitrogens with one attached hydrogen (secondary N) is 1. The number of hydrogen-bond acceptors (Lipinski definition) is 5. The van der Waals surface area contributed by atoms with E-state index >= 15 is 0 Å². The second kappa shape index (κ2) is 10.0. The van der Waals surface area contributed by atoms with Gasteiger partial charge in [0.2, 0.25) is 5.91 Å². The van der Waals surface area contributed by atoms with Crippen LogP contribution in [0.4, 0.5) is 0 Å². The number of carbonyl (C=O) groups is 1. The molecule has 1 unspecified atom stereocenters. The van der Waals surface area contributed by atoms with Crippen LogP contribution in [0.15, 0.2) is 24.3 Å². The van der Waals surface area contributed by atoms with Crippen molar-refractivity contribution in [1.29, 1.82) is 0 Å². The third kappa shape index (κ3) is 5.77. The first-order valence-electron chi connectivity index (χ1n) is 9.60. The smallest absolute Gasteiger partial charge is 0.237 e. The molecule has 0 radical (unpaired) electrons. The first kappa shape index (κ1) is 19.3. The van der Waals surface area contributed by atoms with E-state index in [1.54, 1.807) is 0 Å². The van der Waals surface area contributed by atoms with E-state index in [-0.39, 0.29) is 17.9 Å². The number of rotatable bonds is 7. The molecule has 1 aromatic rings. The number of nitrogens with two attached hydrogens (primary N) is 1. The molecule has 6 heteroatoms. The third-order valence-corrected chi connectivity index (χ3v) is 5.19. The molecule has 2 fully saturated rings. The topological polar surface area (TPSA) is 82.8 Å². The van der Waals surface area contributed by atoms with Crippen molar-refractivity contribution in [3.63, 3.8) is 0 Å². The molecule has 1 amide bonds. The molecule has 0 aliphatic carbocycles. The van der Waals surface area contributed by atoms with Gasteiger partial charge in [-0.3, -0.25) is 4.79 Å². The van der Waals surface area contributed by atoms with Gasteiger partial charge in [0.1, 0.15) is 0 Å². The van der Waals surface area contributed by atoms with Crippen LogP contribution in [-0.2, 0) is 32.2 Å². The van der Waals surface area contributed by atoms with Gasteiger partial charge in [0.05, 0.1) is 18.8 Å². The zero-order valence-electron chi connectivity index (χ0n) is 15.3. The fourth-order valence-corrected chi connectivity index (χ4v) is 3.48. The van der Waals surface area contributed by atoms with Crippen LogP contribution < -0.4 is 11.1 Å². The van der Waals surface area contributed by atoms with E-state index < -0.39 is 6.04 Å². The maximum Gasteiger partial charge on any atom is 0.237 e. The van der Waals surface area contributed by atoms with Gasteiger partial charge in [0.25, 0.3) is 0 Å². The molecule has 0 aromatic heterocycles. The number of carbonyl (C=O) groups excluding carboxylic acids is 1. The summed E-state index contributed by atoms with van der Waals surface area (Å²) in [6.07, 6.45) is 3.91. The Hall–Kier alpha value is -1.47. The number of benzene rings is 1. The molecule has 2 aliphatic rings. The Bertz CT molecular complexity index is 569. The van der Waals surface area contributed by atoms with E-state index in [2.05, 4.69) is 17.4 Å². The molecule has 1 atom stereocenters. The van der Waals surface area contributed by atoms with Crippen molar-refractivity contribution < 1.29 is 19.0 Å². The normalized spacial score (nSPS) is 20.7. The van der Waals surface area contributed by atoms with Gasteiger partial charge >= 0.3 is 0 Å². The van der Waals surface area contributed by atoms with Crippen molar-refractivity contribution >= 4 is 5.91 Å². The lowest BCUT2D eigenvalue weighted by atomic mass is 9.92. The molecule has 3 N–H and O–H groups in total. The minimum atomic E-state index is -0.459. The summed E-state index contributed by atoms with van der Waals surface area (Å²) in [7, 11) is 0. The summed E-state index contributed by atoms with van der Waals surface area (Å²) in [4.78, 5) is 12.3. The van der Waals surface area contributed by atoms with E-state index in [1.807, 2.05) is 12.1 Å². The molecule has 144 valence electrons. The minimum Gasteiger partial charge on any atom is -0.381 e. The van der Waals surface area contributed by atoms with Gasteiger partial charge < -0.3 is 25.3 Å². The molecule has 26 heavy (non-hydrogen) atoms. The third-order valence-electron chi connectivity index (χ3n) is 5.19. The Morgan fingerprint density at radius 2 is 1.77 bits per heavy atom. The van der Waals surface area contributed by atoms with Gasteiger partial charge in [-0.15, -0.1) is 0 Å². The van der Waals surface area contributed by atoms with E-state index in [0.29, 0.717) is 26.4 Å². The monoisotopic (exact) mass is 362 g/mol. The van der Waals surface area contributed by atoms with E-state index in [0.717, 1.165) is 50.0 Å². The summed E-state index contributed by atoms with van der Waals surface area (Å²) in [6, 6.07) is 7.69. The van der Waals surface area contributed by atoms with Gasteiger partial charge in [-0.05, 0) is 42.7 Å². The maximum atomic E-state index is 12.3. The minimum absolute atomic E-state index is 0.0826. The summed E-state index contributed by atoms with van der Waals surface area (Å²) in [5.74, 6) is 0.128. The highest BCUT2D eigenvalue weighted by molar-refractivity contribution is 5.81. The van der Waals surface area contributed by atoms with Crippen LogP contribution in [0, 0.1) is 5.92 Å². The fourth-order valence-electron chi connectivity index (χ4n) is 3.48. The molecule has 3 rings (SSSR count). The predicted molar refractivity (Wildman–Crippen MR) is 98.4 cm³/mol. The highest BCUT2D eigenvalue weighted by Gasteiger charge is 2.26. The quantitative estimate of drug-likeness (QED) is 0.772. The summed E-state index contributed by atoms with van der Waals surface area (Å²) >= 11 is 0. The molecule has 0 bridgehead atoms. The van der Waals surface area contributed by atoms with Gasteiger partial charge in [-0.25, -0.2) is 0 Å². The van der Waals surface area contributed by atoms with Gasteiger partial charge in [-0.1, -0.05) is 24.3 Å². The molecule has 2 heterocycles. The Morgan fingerprint density at radius 1 is 1.12 bits per heavy atom. The van der Waals surface area contributed by atoms with Crippen LogP contribution in [0.1, 0.15) is 36.8 Å². The van der Waals surface area contributed by atoms with Crippen LogP contribution in [0.2, 0.25) is 0 Å². The average Bonchev–Trinajstić information content (AvgIpc) is 2.71. The van der Waals surface area contributed by atoms with Crippen LogP contribution >= 0.6 is 0 Å². The van der Waals surface area contributed by atoms with Crippen molar-refractivity contribution in [1.82, 2.24) is 5.32 Å². The van der Waals surface area contributed by atoms with Crippen LogP contribution in [0.5, 0.6) is 0 Å². The lowest BCUT2D eigenvalue weighted by Crippen LogP contribution is -2.46. The van der Waals surface area contributed by atoms with Gasteiger partial charge in [0, 0.05) is 33.0 Å². The number of amides is 1. The second-order valence-corrected chi connectivity index (χ2v) is 7.14. The second-order valence-electron chi connectivity index (χ2n) is 7.14. The summed E-state index contributed by atoms with van der Waals surface area (Å²) in [5.41, 5.74) is 8.30. The Morgan fingerprint density at radius 3 is 2.50 bits per heavy atom. The zero-order valence-corrected chi connectivity index (χ0v) is 15.3. The molecule has 2 aliphatic heterocycles. The van der Waals surface area contributed by atoms with E-state index in [9.17, 15) is 4.79 Å². The summed E-state index contributed by atoms with van der Waals surface area (Å²) in [5, 5.41) is 2.97. The molecular formula is C20H30N2O4. The molecule has 0 spiro atoms. The molecule has 0 saturated carbocycles. The SMILES string of the molecule is NC(C(=O)NCc1cccc(COC2CCOCC2)c1)C1CCOCC1. The lowest BCUT2D eigenvalue weighted by Gasteiger charge is -2.26. The maximum absolute atomic E-state index is 12.3. The van der Waals surface area contributed by atoms with Crippen molar-refractivity contribution in [2.24, 2.45) is 11.7 Å². The van der Waals surface area contributed by atoms with Gasteiger partial charge in [0.15, 0.2) is 0 Å². The highest BCUT2D eigenvalue weighted by Crippen LogP contribution is 2.18. The largest absolute Gasteiger partial charge is 0.381 e. The van der Waals surface area contributed by atoms with Crippen LogP contribution in [-0.4, -0.2) is 44.5 Å². The van der Waals surface area contributed by atoms with Crippen molar-refractivity contribution in [3.05, 3.63) is 35.4 Å². The van der Waals surface area contributed by atoms with Crippen LogP contribution in [0.25, 0.3) is 0 Å². The molecular weight excluding hydrogens is 332 g/mol. The van der Waals surface area contributed by atoms with Crippen molar-refractivity contribution in [3.8, 4) is 0 Å². The summed E-state index contributed by atoms with van der Waals surface area (Å²) in [6.45, 7) is 4.03. The van der Waals surface area contributed by atoms with Crippen molar-refractivity contribution in [2.45, 2.75) is 51.0 Å². The van der Waals surface area contributed by atoms with Crippen LogP contribution in [0.3, 0.4) is 0 Å².